The molecule has 0 aliphatic rings. The first-order valence-corrected chi connectivity index (χ1v) is 11.9. The fraction of sp³-hybridized carbons (Fsp3) is 0.258. The summed E-state index contributed by atoms with van der Waals surface area (Å²) in [5.74, 6) is -0.721. The number of hydrogen-bond donors (Lipinski definition) is 0. The third kappa shape index (κ3) is 3.56. The predicted molar refractivity (Wildman–Crippen MR) is 142 cm³/mol. The number of benzene rings is 3. The van der Waals surface area contributed by atoms with Crippen LogP contribution in [-0.2, 0) is 7.05 Å². The first-order chi connectivity index (χ1) is 17.0. The minimum atomic E-state index is -0.840. The molecule has 0 radical (unpaired) electrons. The second kappa shape index (κ2) is 8.64. The average molecular weight is 451 g/mol. The topological polar surface area (TPSA) is 13.7 Å². The normalized spacial score (nSPS) is 13.2. The van der Waals surface area contributed by atoms with E-state index in [-0.39, 0.29) is 0 Å². The molecule has 2 heterocycles. The Morgan fingerprint density at radius 1 is 0.824 bits per heavy atom. The summed E-state index contributed by atoms with van der Waals surface area (Å²) in [5.41, 5.74) is 7.28. The van der Waals surface area contributed by atoms with Gasteiger partial charge in [0.1, 0.15) is 23.1 Å². The van der Waals surface area contributed by atoms with E-state index >= 15 is 0 Å². The number of nitrogens with zero attached hydrogens (tertiary/aromatic N) is 3. The molecule has 34 heavy (non-hydrogen) atoms. The second-order valence-electron chi connectivity index (χ2n) is 9.52. The van der Waals surface area contributed by atoms with E-state index in [1.807, 2.05) is 52.0 Å². The van der Waals surface area contributed by atoms with Crippen LogP contribution in [0.5, 0.6) is 0 Å². The number of fused-ring (bicyclic) bond motifs is 1. The fourth-order valence-corrected chi connectivity index (χ4v) is 4.98. The lowest BCUT2D eigenvalue weighted by Gasteiger charge is -2.19. The Morgan fingerprint density at radius 2 is 1.47 bits per heavy atom. The van der Waals surface area contributed by atoms with Crippen molar-refractivity contribution in [2.75, 3.05) is 0 Å². The molecule has 0 N–H and O–H groups in total. The zero-order valence-electron chi connectivity index (χ0n) is 22.9. The number of rotatable bonds is 5. The van der Waals surface area contributed by atoms with Crippen molar-refractivity contribution in [1.82, 2.24) is 9.13 Å². The minimum Gasteiger partial charge on any atom is -0.237 e. The van der Waals surface area contributed by atoms with Gasteiger partial charge in [-0.15, -0.1) is 0 Å². The Morgan fingerprint density at radius 3 is 2.12 bits per heavy atom. The lowest BCUT2D eigenvalue weighted by atomic mass is 9.92. The molecule has 0 fully saturated rings. The van der Waals surface area contributed by atoms with Gasteiger partial charge in [0.05, 0.1) is 13.2 Å². The molecule has 172 valence electrons. The van der Waals surface area contributed by atoms with E-state index < -0.39 is 11.8 Å². The van der Waals surface area contributed by atoms with Gasteiger partial charge in [0.2, 0.25) is 0 Å². The van der Waals surface area contributed by atoms with Crippen molar-refractivity contribution in [3.05, 3.63) is 102 Å². The van der Waals surface area contributed by atoms with E-state index in [1.54, 1.807) is 0 Å². The Labute approximate surface area is 205 Å². The van der Waals surface area contributed by atoms with Crippen LogP contribution in [0.15, 0.2) is 85.2 Å². The molecule has 0 bridgehead atoms. The van der Waals surface area contributed by atoms with E-state index in [2.05, 4.69) is 88.6 Å². The van der Waals surface area contributed by atoms with Crippen LogP contribution in [0.25, 0.3) is 33.8 Å². The van der Waals surface area contributed by atoms with Crippen LogP contribution < -0.4 is 4.57 Å². The maximum Gasteiger partial charge on any atom is 0.374 e. The maximum atomic E-state index is 8.97. The molecule has 3 nitrogen and oxygen atoms in total. The van der Waals surface area contributed by atoms with E-state index in [0.29, 0.717) is 0 Å². The molecular formula is C31H34N3+. The molecule has 0 atom stereocenters. The van der Waals surface area contributed by atoms with E-state index in [4.69, 9.17) is 2.74 Å². The fourth-order valence-electron chi connectivity index (χ4n) is 4.98. The van der Waals surface area contributed by atoms with E-state index in [1.165, 1.54) is 10.9 Å². The van der Waals surface area contributed by atoms with Crippen molar-refractivity contribution in [2.24, 2.45) is 7.05 Å². The number of aromatic nitrogens is 3. The van der Waals surface area contributed by atoms with Crippen molar-refractivity contribution in [2.45, 2.75) is 46.4 Å². The van der Waals surface area contributed by atoms with Gasteiger partial charge in [0, 0.05) is 13.7 Å². The molecular weight excluding hydrogens is 414 g/mol. The van der Waals surface area contributed by atoms with Gasteiger partial charge >= 0.3 is 5.95 Å². The molecule has 3 aromatic carbocycles. The summed E-state index contributed by atoms with van der Waals surface area (Å²) < 4.78 is 24.6. The Balaban J connectivity index is 1.94. The van der Waals surface area contributed by atoms with Crippen LogP contribution in [0.1, 0.15) is 58.9 Å². The first kappa shape index (κ1) is 19.8. The molecule has 2 aromatic heterocycles. The van der Waals surface area contributed by atoms with Gasteiger partial charge in [0.25, 0.3) is 0 Å². The van der Waals surface area contributed by atoms with Crippen molar-refractivity contribution in [3.8, 4) is 22.9 Å². The summed E-state index contributed by atoms with van der Waals surface area (Å²) >= 11 is 0. The molecule has 0 saturated carbocycles. The lowest BCUT2D eigenvalue weighted by molar-refractivity contribution is -0.664. The van der Waals surface area contributed by atoms with Gasteiger partial charge in [-0.05, 0) is 41.5 Å². The number of para-hydroxylation sites is 2. The van der Waals surface area contributed by atoms with Crippen LogP contribution in [0.2, 0.25) is 0 Å². The van der Waals surface area contributed by atoms with Crippen LogP contribution in [0.3, 0.4) is 0 Å². The molecule has 0 saturated heterocycles. The Kier molecular flexibility index (Phi) is 5.04. The molecule has 5 aromatic rings. The summed E-state index contributed by atoms with van der Waals surface area (Å²) in [5, 5.41) is 1.18. The van der Waals surface area contributed by atoms with Gasteiger partial charge < -0.3 is 0 Å². The zero-order valence-corrected chi connectivity index (χ0v) is 20.9. The predicted octanol–water partition coefficient (Wildman–Crippen LogP) is 7.47. The number of imidazole rings is 1. The average Bonchev–Trinajstić information content (AvgIpc) is 3.39. The Hall–Kier alpha value is -3.59. The van der Waals surface area contributed by atoms with Gasteiger partial charge in [0.15, 0.2) is 0 Å². The smallest absolute Gasteiger partial charge is 0.237 e. The summed E-state index contributed by atoms with van der Waals surface area (Å²) in [6.45, 7) is 9.82. The molecule has 0 amide bonds. The SMILES string of the molecule is [2H]C(C)(C)c1cccc(C([2H])(C)C)c1-n1cc[n+](C)c1-n1c(-c2ccccc2)cc2cccc(C)c21. The summed E-state index contributed by atoms with van der Waals surface area (Å²) in [7, 11) is 2.06. The number of hydrogen-bond acceptors (Lipinski definition) is 0. The van der Waals surface area contributed by atoms with E-state index in [9.17, 15) is 0 Å². The largest absolute Gasteiger partial charge is 0.374 e. The summed E-state index contributed by atoms with van der Waals surface area (Å²) in [6.07, 6.45) is 4.12. The van der Waals surface area contributed by atoms with Gasteiger partial charge in [-0.1, -0.05) is 94.4 Å². The van der Waals surface area contributed by atoms with Crippen LogP contribution in [0.4, 0.5) is 0 Å². The standard InChI is InChI=1S/C31H34N3/c1-21(2)26-16-11-17-27(22(3)4)30(26)33-19-18-32(6)31(33)34-28(24-13-8-7-9-14-24)20-25-15-10-12-23(5)29(25)34/h7-22H,1-6H3/q+1/i21D,22D. The van der Waals surface area contributed by atoms with Crippen molar-refractivity contribution in [3.63, 3.8) is 0 Å². The third-order valence-electron chi connectivity index (χ3n) is 6.62. The monoisotopic (exact) mass is 450 g/mol. The van der Waals surface area contributed by atoms with Gasteiger partial charge in [-0.2, -0.15) is 4.57 Å². The van der Waals surface area contributed by atoms with Gasteiger partial charge in [-0.3, -0.25) is 0 Å². The van der Waals surface area contributed by atoms with E-state index in [0.717, 1.165) is 39.5 Å². The molecule has 3 heteroatoms. The summed E-state index contributed by atoms with van der Waals surface area (Å²) in [6, 6.07) is 25.2. The van der Waals surface area contributed by atoms with Crippen LogP contribution in [0, 0.1) is 6.92 Å². The molecule has 0 spiro atoms. The highest BCUT2D eigenvalue weighted by Gasteiger charge is 2.29. The second-order valence-corrected chi connectivity index (χ2v) is 9.52. The first-order valence-electron chi connectivity index (χ1n) is 12.9. The summed E-state index contributed by atoms with van der Waals surface area (Å²) in [4.78, 5) is 0. The maximum absolute atomic E-state index is 8.97. The molecule has 0 unspecified atom stereocenters. The zero-order chi connectivity index (χ0) is 25.8. The van der Waals surface area contributed by atoms with Crippen LogP contribution >= 0.6 is 0 Å². The van der Waals surface area contributed by atoms with Crippen LogP contribution in [-0.4, -0.2) is 9.13 Å². The van der Waals surface area contributed by atoms with Crippen molar-refractivity contribution in [1.29, 1.82) is 0 Å². The highest BCUT2D eigenvalue weighted by molar-refractivity contribution is 5.90. The quantitative estimate of drug-likeness (QED) is 0.247. The van der Waals surface area contributed by atoms with Crippen molar-refractivity contribution >= 4 is 10.9 Å². The minimum absolute atomic E-state index is 0.840. The molecule has 0 aliphatic carbocycles. The Bertz CT molecular complexity index is 1530. The number of aryl methyl sites for hydroxylation is 2. The molecule has 0 aliphatic heterocycles. The molecule has 5 rings (SSSR count). The van der Waals surface area contributed by atoms with Gasteiger partial charge in [-0.25, -0.2) is 9.13 Å². The lowest BCUT2D eigenvalue weighted by Crippen LogP contribution is -2.33. The highest BCUT2D eigenvalue weighted by Crippen LogP contribution is 2.36. The van der Waals surface area contributed by atoms with Crippen molar-refractivity contribution < 1.29 is 7.31 Å². The third-order valence-corrected chi connectivity index (χ3v) is 6.62. The highest BCUT2D eigenvalue weighted by atomic mass is 15.3.